The van der Waals surface area contributed by atoms with Crippen LogP contribution >= 0.6 is 0 Å². The molecule has 4 rings (SSSR count). The lowest BCUT2D eigenvalue weighted by Gasteiger charge is -2.05. The van der Waals surface area contributed by atoms with E-state index in [1.807, 2.05) is 36.4 Å². The van der Waals surface area contributed by atoms with Gasteiger partial charge in [0, 0.05) is 17.6 Å². The molecule has 0 saturated heterocycles. The second kappa shape index (κ2) is 5.25. The van der Waals surface area contributed by atoms with Gasteiger partial charge in [0.15, 0.2) is 11.2 Å². The number of benzene rings is 2. The summed E-state index contributed by atoms with van der Waals surface area (Å²) in [6.45, 7) is 0. The first kappa shape index (κ1) is 13.5. The van der Waals surface area contributed by atoms with Gasteiger partial charge in [0.05, 0.1) is 12.5 Å². The largest absolute Gasteiger partial charge is 0.497 e. The number of ether oxygens (including phenoxy) is 1. The van der Waals surface area contributed by atoms with E-state index in [-0.39, 0.29) is 5.43 Å². The number of methoxy groups -OCH3 is 1. The van der Waals surface area contributed by atoms with Crippen molar-refractivity contribution in [3.63, 3.8) is 0 Å². The Morgan fingerprint density at radius 1 is 1.00 bits per heavy atom. The minimum Gasteiger partial charge on any atom is -0.497 e. The highest BCUT2D eigenvalue weighted by molar-refractivity contribution is 5.86. The Morgan fingerprint density at radius 2 is 1.87 bits per heavy atom. The van der Waals surface area contributed by atoms with E-state index in [0.717, 1.165) is 16.5 Å². The van der Waals surface area contributed by atoms with Crippen LogP contribution in [-0.2, 0) is 0 Å². The molecular formula is C19H13NO3. The molecule has 0 aliphatic carbocycles. The van der Waals surface area contributed by atoms with Crippen molar-refractivity contribution in [1.82, 2.24) is 4.98 Å². The summed E-state index contributed by atoms with van der Waals surface area (Å²) in [7, 11) is 1.63. The number of hydrogen-bond donors (Lipinski definition) is 0. The van der Waals surface area contributed by atoms with Crippen LogP contribution in [0.2, 0.25) is 0 Å². The van der Waals surface area contributed by atoms with Crippen LogP contribution in [-0.4, -0.2) is 12.1 Å². The zero-order valence-corrected chi connectivity index (χ0v) is 12.4. The Morgan fingerprint density at radius 3 is 2.74 bits per heavy atom. The summed E-state index contributed by atoms with van der Waals surface area (Å²) in [5.41, 5.74) is 1.12. The van der Waals surface area contributed by atoms with Gasteiger partial charge in [0.25, 0.3) is 0 Å². The van der Waals surface area contributed by atoms with Gasteiger partial charge in [-0.3, -0.25) is 9.78 Å². The number of rotatable bonds is 2. The Hall–Kier alpha value is -3.14. The normalized spacial score (nSPS) is 11.0. The highest BCUT2D eigenvalue weighted by Gasteiger charge is 2.08. The molecule has 2 aromatic heterocycles. The fraction of sp³-hybridized carbons (Fsp3) is 0.0526. The fourth-order valence-corrected chi connectivity index (χ4v) is 2.61. The van der Waals surface area contributed by atoms with E-state index in [2.05, 4.69) is 4.98 Å². The molecule has 0 bridgehead atoms. The molecule has 0 aliphatic rings. The minimum absolute atomic E-state index is 0.0709. The van der Waals surface area contributed by atoms with Crippen molar-refractivity contribution >= 4 is 21.7 Å². The van der Waals surface area contributed by atoms with E-state index >= 15 is 0 Å². The zero-order valence-electron chi connectivity index (χ0n) is 12.4. The van der Waals surface area contributed by atoms with Gasteiger partial charge in [-0.2, -0.15) is 0 Å². The van der Waals surface area contributed by atoms with Gasteiger partial charge >= 0.3 is 0 Å². The van der Waals surface area contributed by atoms with Crippen LogP contribution in [0, 0.1) is 0 Å². The smallest absolute Gasteiger partial charge is 0.193 e. The summed E-state index contributed by atoms with van der Waals surface area (Å²) in [5.74, 6) is 1.25. The van der Waals surface area contributed by atoms with Crippen molar-refractivity contribution in [2.75, 3.05) is 7.11 Å². The Balaban J connectivity index is 1.90. The standard InChI is InChI=1S/C19H13NO3/c1-22-14-7-6-12-9-16(20-11-13(12)8-14)19-10-17(21)15-4-2-3-5-18(15)23-19/h2-11H,1H3. The minimum atomic E-state index is -0.0709. The highest BCUT2D eigenvalue weighted by atomic mass is 16.5. The molecule has 0 radical (unpaired) electrons. The van der Waals surface area contributed by atoms with E-state index < -0.39 is 0 Å². The monoisotopic (exact) mass is 303 g/mol. The lowest BCUT2D eigenvalue weighted by atomic mass is 10.1. The maximum Gasteiger partial charge on any atom is 0.193 e. The predicted molar refractivity (Wildman–Crippen MR) is 89.8 cm³/mol. The molecule has 4 nitrogen and oxygen atoms in total. The first-order valence-corrected chi connectivity index (χ1v) is 7.22. The number of hydrogen-bond acceptors (Lipinski definition) is 4. The Kier molecular flexibility index (Phi) is 3.08. The molecule has 4 aromatic rings. The van der Waals surface area contributed by atoms with E-state index in [4.69, 9.17) is 9.15 Å². The summed E-state index contributed by atoms with van der Waals surface area (Å²) in [4.78, 5) is 16.6. The summed E-state index contributed by atoms with van der Waals surface area (Å²) < 4.78 is 11.0. The average Bonchev–Trinajstić information content (AvgIpc) is 2.60. The molecule has 0 spiro atoms. The fourth-order valence-electron chi connectivity index (χ4n) is 2.61. The summed E-state index contributed by atoms with van der Waals surface area (Å²) in [5, 5.41) is 2.55. The van der Waals surface area contributed by atoms with Crippen LogP contribution < -0.4 is 10.2 Å². The van der Waals surface area contributed by atoms with E-state index in [9.17, 15) is 4.79 Å². The van der Waals surface area contributed by atoms with Crippen molar-refractivity contribution in [2.45, 2.75) is 0 Å². The van der Waals surface area contributed by atoms with Gasteiger partial charge in [-0.05, 0) is 35.7 Å². The van der Waals surface area contributed by atoms with Crippen LogP contribution in [0.1, 0.15) is 0 Å². The lowest BCUT2D eigenvalue weighted by Crippen LogP contribution is -2.00. The second-order valence-corrected chi connectivity index (χ2v) is 5.25. The summed E-state index contributed by atoms with van der Waals surface area (Å²) >= 11 is 0. The van der Waals surface area contributed by atoms with Gasteiger partial charge in [-0.25, -0.2) is 0 Å². The van der Waals surface area contributed by atoms with Crippen LogP contribution in [0.25, 0.3) is 33.2 Å². The topological polar surface area (TPSA) is 52.3 Å². The molecular weight excluding hydrogens is 290 g/mol. The third kappa shape index (κ3) is 2.34. The second-order valence-electron chi connectivity index (χ2n) is 5.25. The van der Waals surface area contributed by atoms with Gasteiger partial charge in [0.1, 0.15) is 17.0 Å². The van der Waals surface area contributed by atoms with Gasteiger partial charge in [0.2, 0.25) is 0 Å². The molecule has 0 atom stereocenters. The molecule has 0 unspecified atom stereocenters. The molecule has 112 valence electrons. The first-order chi connectivity index (χ1) is 11.2. The lowest BCUT2D eigenvalue weighted by molar-refractivity contribution is 0.415. The number of nitrogens with zero attached hydrogens (tertiary/aromatic N) is 1. The zero-order chi connectivity index (χ0) is 15.8. The third-order valence-corrected chi connectivity index (χ3v) is 3.82. The van der Waals surface area contributed by atoms with E-state index in [1.54, 1.807) is 25.4 Å². The predicted octanol–water partition coefficient (Wildman–Crippen LogP) is 4.02. The number of aromatic nitrogens is 1. The first-order valence-electron chi connectivity index (χ1n) is 7.22. The molecule has 2 heterocycles. The maximum atomic E-state index is 12.2. The third-order valence-electron chi connectivity index (χ3n) is 3.82. The molecule has 23 heavy (non-hydrogen) atoms. The number of fused-ring (bicyclic) bond motifs is 2. The Labute approximate surface area is 132 Å². The van der Waals surface area contributed by atoms with Crippen LogP contribution in [0.15, 0.2) is 70.0 Å². The molecule has 0 amide bonds. The summed E-state index contributed by atoms with van der Waals surface area (Å²) in [6, 6.07) is 16.4. The molecule has 4 heteroatoms. The van der Waals surface area contributed by atoms with Crippen molar-refractivity contribution in [3.05, 3.63) is 71.0 Å². The molecule has 0 aliphatic heterocycles. The van der Waals surface area contributed by atoms with E-state index in [0.29, 0.717) is 22.4 Å². The Bertz CT molecular complexity index is 1080. The number of pyridine rings is 1. The van der Waals surface area contributed by atoms with Gasteiger partial charge < -0.3 is 9.15 Å². The highest BCUT2D eigenvalue weighted by Crippen LogP contribution is 2.26. The van der Waals surface area contributed by atoms with Crippen molar-refractivity contribution < 1.29 is 9.15 Å². The van der Waals surface area contributed by atoms with Crippen molar-refractivity contribution in [2.24, 2.45) is 0 Å². The maximum absolute atomic E-state index is 12.2. The quantitative estimate of drug-likeness (QED) is 0.561. The van der Waals surface area contributed by atoms with Crippen LogP contribution in [0.4, 0.5) is 0 Å². The SMILES string of the molecule is COc1ccc2cc(-c3cc(=O)c4ccccc4o3)ncc2c1. The van der Waals surface area contributed by atoms with E-state index in [1.165, 1.54) is 6.07 Å². The molecule has 0 fully saturated rings. The average molecular weight is 303 g/mol. The van der Waals surface area contributed by atoms with Gasteiger partial charge in [-0.1, -0.05) is 18.2 Å². The summed E-state index contributed by atoms with van der Waals surface area (Å²) in [6.07, 6.45) is 1.75. The number of para-hydroxylation sites is 1. The van der Waals surface area contributed by atoms with Crippen LogP contribution in [0.5, 0.6) is 5.75 Å². The van der Waals surface area contributed by atoms with Crippen molar-refractivity contribution in [1.29, 1.82) is 0 Å². The molecule has 0 N–H and O–H groups in total. The van der Waals surface area contributed by atoms with Crippen LogP contribution in [0.3, 0.4) is 0 Å². The van der Waals surface area contributed by atoms with Crippen molar-refractivity contribution in [3.8, 4) is 17.2 Å². The molecule has 2 aromatic carbocycles. The van der Waals surface area contributed by atoms with Gasteiger partial charge in [-0.15, -0.1) is 0 Å². The molecule has 0 saturated carbocycles.